The van der Waals surface area contributed by atoms with Gasteiger partial charge >= 0.3 is 0 Å². The van der Waals surface area contributed by atoms with E-state index in [0.29, 0.717) is 10.6 Å². The third kappa shape index (κ3) is 4.21. The molecule has 0 atom stereocenters. The van der Waals surface area contributed by atoms with Crippen LogP contribution in [-0.4, -0.2) is 26.2 Å². The molecule has 0 saturated heterocycles. The number of halogens is 1. The molecule has 0 spiro atoms. The van der Waals surface area contributed by atoms with Crippen molar-refractivity contribution in [1.29, 1.82) is 5.26 Å². The lowest BCUT2D eigenvalue weighted by atomic mass is 10.2. The largest absolute Gasteiger partial charge is 0.229 e. The summed E-state index contributed by atoms with van der Waals surface area (Å²) < 4.78 is 35.0. The number of benzene rings is 1. The Hall–Kier alpha value is -1.06. The average molecular weight is 259 g/mol. The fraction of sp³-hybridized carbons (Fsp3) is 0.300. The van der Waals surface area contributed by atoms with Crippen LogP contribution in [0.4, 0.5) is 4.39 Å². The van der Waals surface area contributed by atoms with Gasteiger partial charge in [0.1, 0.15) is 15.7 Å². The van der Waals surface area contributed by atoms with E-state index in [2.05, 4.69) is 0 Å². The van der Waals surface area contributed by atoms with Crippen LogP contribution >= 0.6 is 11.8 Å². The van der Waals surface area contributed by atoms with Crippen molar-refractivity contribution in [2.45, 2.75) is 4.90 Å². The summed E-state index contributed by atoms with van der Waals surface area (Å²) in [7, 11) is -3.02. The zero-order valence-electron chi connectivity index (χ0n) is 8.60. The van der Waals surface area contributed by atoms with Gasteiger partial charge in [0.25, 0.3) is 0 Å². The van der Waals surface area contributed by atoms with Crippen LogP contribution in [0.15, 0.2) is 23.1 Å². The van der Waals surface area contributed by atoms with Gasteiger partial charge in [0, 0.05) is 16.9 Å². The Balaban J connectivity index is 2.66. The number of hydrogen-bond acceptors (Lipinski definition) is 4. The molecule has 0 amide bonds. The Morgan fingerprint density at radius 2 is 2.19 bits per heavy atom. The summed E-state index contributed by atoms with van der Waals surface area (Å²) in [5.74, 6) is -0.170. The van der Waals surface area contributed by atoms with Crippen LogP contribution in [0.2, 0.25) is 0 Å². The minimum Gasteiger partial charge on any atom is -0.229 e. The topological polar surface area (TPSA) is 57.9 Å². The maximum Gasteiger partial charge on any atom is 0.148 e. The number of nitrogens with zero attached hydrogens (tertiary/aromatic N) is 1. The quantitative estimate of drug-likeness (QED) is 0.774. The standard InChI is InChI=1S/C10H10FNO2S2/c1-16(13,14)5-4-15-10-3-2-8(7-12)6-9(10)11/h2-3,6H,4-5H2,1H3. The first kappa shape index (κ1) is 13.0. The van der Waals surface area contributed by atoms with Crippen LogP contribution in [0.1, 0.15) is 5.56 Å². The molecule has 0 unspecified atom stereocenters. The molecule has 16 heavy (non-hydrogen) atoms. The summed E-state index contributed by atoms with van der Waals surface area (Å²) in [4.78, 5) is 0.364. The molecule has 0 bridgehead atoms. The molecule has 0 N–H and O–H groups in total. The van der Waals surface area contributed by atoms with E-state index < -0.39 is 15.7 Å². The van der Waals surface area contributed by atoms with Crippen molar-refractivity contribution in [3.63, 3.8) is 0 Å². The van der Waals surface area contributed by atoms with Crippen LogP contribution in [-0.2, 0) is 9.84 Å². The molecule has 3 nitrogen and oxygen atoms in total. The summed E-state index contributed by atoms with van der Waals surface area (Å²) in [5, 5.41) is 8.53. The molecule has 0 saturated carbocycles. The Morgan fingerprint density at radius 1 is 1.50 bits per heavy atom. The second-order valence-corrected chi connectivity index (χ2v) is 6.63. The van der Waals surface area contributed by atoms with E-state index in [4.69, 9.17) is 5.26 Å². The molecular formula is C10H10FNO2S2. The summed E-state index contributed by atoms with van der Waals surface area (Å²) >= 11 is 1.13. The van der Waals surface area contributed by atoms with E-state index in [9.17, 15) is 12.8 Å². The van der Waals surface area contributed by atoms with Crippen LogP contribution < -0.4 is 0 Å². The maximum atomic E-state index is 13.3. The second kappa shape index (κ2) is 5.32. The van der Waals surface area contributed by atoms with E-state index in [1.54, 1.807) is 0 Å². The minimum atomic E-state index is -3.02. The molecule has 1 aromatic rings. The molecule has 1 aromatic carbocycles. The van der Waals surface area contributed by atoms with Crippen LogP contribution in [0.3, 0.4) is 0 Å². The van der Waals surface area contributed by atoms with Crippen LogP contribution in [0.25, 0.3) is 0 Å². The van der Waals surface area contributed by atoms with Crippen molar-refractivity contribution in [2.75, 3.05) is 17.8 Å². The summed E-state index contributed by atoms with van der Waals surface area (Å²) in [5.41, 5.74) is 0.255. The first-order valence-corrected chi connectivity index (χ1v) is 7.47. The first-order chi connectivity index (χ1) is 7.42. The predicted octanol–water partition coefficient (Wildman–Crippen LogP) is 1.83. The van der Waals surface area contributed by atoms with Crippen molar-refractivity contribution in [3.8, 4) is 6.07 Å². The van der Waals surface area contributed by atoms with Crippen molar-refractivity contribution in [1.82, 2.24) is 0 Å². The van der Waals surface area contributed by atoms with Gasteiger partial charge in [-0.1, -0.05) is 0 Å². The van der Waals surface area contributed by atoms with E-state index >= 15 is 0 Å². The third-order valence-corrected chi connectivity index (χ3v) is 4.03. The lowest BCUT2D eigenvalue weighted by Gasteiger charge is -2.02. The van der Waals surface area contributed by atoms with Crippen LogP contribution in [0, 0.1) is 17.1 Å². The van der Waals surface area contributed by atoms with E-state index in [0.717, 1.165) is 24.1 Å². The highest BCUT2D eigenvalue weighted by molar-refractivity contribution is 8.00. The van der Waals surface area contributed by atoms with Gasteiger partial charge in [-0.2, -0.15) is 5.26 Å². The zero-order chi connectivity index (χ0) is 12.2. The number of hydrogen-bond donors (Lipinski definition) is 0. The van der Waals surface area contributed by atoms with Gasteiger partial charge in [-0.05, 0) is 18.2 Å². The van der Waals surface area contributed by atoms with Crippen molar-refractivity contribution >= 4 is 21.6 Å². The first-order valence-electron chi connectivity index (χ1n) is 4.42. The zero-order valence-corrected chi connectivity index (χ0v) is 10.2. The van der Waals surface area contributed by atoms with E-state index in [1.807, 2.05) is 6.07 Å². The Bertz CT molecular complexity index is 520. The van der Waals surface area contributed by atoms with Gasteiger partial charge in [0.15, 0.2) is 0 Å². The Kier molecular flexibility index (Phi) is 4.33. The molecule has 0 aliphatic carbocycles. The van der Waals surface area contributed by atoms with Crippen molar-refractivity contribution < 1.29 is 12.8 Å². The molecule has 86 valence electrons. The number of rotatable bonds is 4. The monoisotopic (exact) mass is 259 g/mol. The highest BCUT2D eigenvalue weighted by Gasteiger charge is 2.06. The van der Waals surface area contributed by atoms with Gasteiger partial charge < -0.3 is 0 Å². The molecule has 0 aliphatic heterocycles. The number of thioether (sulfide) groups is 1. The van der Waals surface area contributed by atoms with Gasteiger partial charge in [0.2, 0.25) is 0 Å². The summed E-state index contributed by atoms with van der Waals surface area (Å²) in [6.07, 6.45) is 1.14. The van der Waals surface area contributed by atoms with Crippen LogP contribution in [0.5, 0.6) is 0 Å². The fourth-order valence-corrected chi connectivity index (χ4v) is 3.12. The SMILES string of the molecule is CS(=O)(=O)CCSc1ccc(C#N)cc1F. The van der Waals surface area contributed by atoms with Gasteiger partial charge in [-0.15, -0.1) is 11.8 Å². The molecule has 6 heteroatoms. The highest BCUT2D eigenvalue weighted by atomic mass is 32.2. The number of sulfone groups is 1. The molecule has 1 rings (SSSR count). The highest BCUT2D eigenvalue weighted by Crippen LogP contribution is 2.22. The normalized spacial score (nSPS) is 11.1. The molecular weight excluding hydrogens is 249 g/mol. The van der Waals surface area contributed by atoms with E-state index in [1.165, 1.54) is 12.1 Å². The second-order valence-electron chi connectivity index (χ2n) is 3.24. The van der Waals surface area contributed by atoms with Crippen molar-refractivity contribution in [2.24, 2.45) is 0 Å². The summed E-state index contributed by atoms with van der Waals surface area (Å²) in [6.45, 7) is 0. The lowest BCUT2D eigenvalue weighted by Crippen LogP contribution is -2.05. The Labute approximate surface area is 98.2 Å². The molecule has 0 heterocycles. The van der Waals surface area contributed by atoms with Gasteiger partial charge in [0.05, 0.1) is 17.4 Å². The molecule has 0 radical (unpaired) electrons. The summed E-state index contributed by atoms with van der Waals surface area (Å²) in [6, 6.07) is 5.96. The van der Waals surface area contributed by atoms with Gasteiger partial charge in [-0.25, -0.2) is 12.8 Å². The lowest BCUT2D eigenvalue weighted by molar-refractivity contribution is 0.600. The van der Waals surface area contributed by atoms with Gasteiger partial charge in [-0.3, -0.25) is 0 Å². The average Bonchev–Trinajstić information content (AvgIpc) is 2.18. The molecule has 0 aromatic heterocycles. The molecule has 0 aliphatic rings. The van der Waals surface area contributed by atoms with E-state index in [-0.39, 0.29) is 11.3 Å². The fourth-order valence-electron chi connectivity index (χ4n) is 0.990. The third-order valence-electron chi connectivity index (χ3n) is 1.77. The molecule has 0 fully saturated rings. The predicted molar refractivity (Wildman–Crippen MR) is 61.5 cm³/mol. The Morgan fingerprint density at radius 3 is 2.69 bits per heavy atom. The minimum absolute atomic E-state index is 0.0110. The number of nitriles is 1. The van der Waals surface area contributed by atoms with Crippen molar-refractivity contribution in [3.05, 3.63) is 29.6 Å². The smallest absolute Gasteiger partial charge is 0.148 e. The maximum absolute atomic E-state index is 13.3.